The smallest absolute Gasteiger partial charge is 0.252 e. The Morgan fingerprint density at radius 2 is 2.19 bits per heavy atom. The van der Waals surface area contributed by atoms with Crippen LogP contribution in [0.1, 0.15) is 20.2 Å². The number of pyridine rings is 1. The number of nitrogens with one attached hydrogen (secondary N) is 2. The lowest BCUT2D eigenvalue weighted by Gasteiger charge is -2.06. The number of hydrogen-bond acceptors (Lipinski definition) is 4. The van der Waals surface area contributed by atoms with Gasteiger partial charge in [-0.1, -0.05) is 18.2 Å². The minimum Gasteiger partial charge on any atom is -0.347 e. The van der Waals surface area contributed by atoms with Crippen LogP contribution in [0.15, 0.2) is 41.3 Å². The van der Waals surface area contributed by atoms with E-state index in [2.05, 4.69) is 15.3 Å². The van der Waals surface area contributed by atoms with E-state index >= 15 is 0 Å². The summed E-state index contributed by atoms with van der Waals surface area (Å²) < 4.78 is 0. The number of aromatic nitrogens is 2. The number of aromatic amines is 1. The number of carbonyl (C=O) groups is 1. The van der Waals surface area contributed by atoms with Crippen molar-refractivity contribution < 1.29 is 4.79 Å². The number of hydrogen-bond donors (Lipinski definition) is 2. The Kier molecular flexibility index (Phi) is 3.53. The Morgan fingerprint density at radius 3 is 2.95 bits per heavy atom. The van der Waals surface area contributed by atoms with Crippen molar-refractivity contribution in [2.24, 2.45) is 0 Å². The van der Waals surface area contributed by atoms with E-state index in [9.17, 15) is 9.59 Å². The van der Waals surface area contributed by atoms with Crippen LogP contribution < -0.4 is 10.9 Å². The van der Waals surface area contributed by atoms with Crippen molar-refractivity contribution in [3.05, 3.63) is 62.3 Å². The third kappa shape index (κ3) is 2.85. The van der Waals surface area contributed by atoms with E-state index in [1.807, 2.05) is 25.1 Å². The van der Waals surface area contributed by atoms with Gasteiger partial charge < -0.3 is 10.3 Å². The van der Waals surface area contributed by atoms with Crippen molar-refractivity contribution in [2.45, 2.75) is 13.5 Å². The van der Waals surface area contributed by atoms with Crippen molar-refractivity contribution in [1.29, 1.82) is 0 Å². The summed E-state index contributed by atoms with van der Waals surface area (Å²) in [5.74, 6) is -0.261. The molecule has 0 unspecified atom stereocenters. The minimum atomic E-state index is -0.285. The van der Waals surface area contributed by atoms with Crippen molar-refractivity contribution in [1.82, 2.24) is 15.3 Å². The molecule has 21 heavy (non-hydrogen) atoms. The van der Waals surface area contributed by atoms with Gasteiger partial charge in [-0.2, -0.15) is 0 Å². The lowest BCUT2D eigenvalue weighted by atomic mass is 10.1. The topological polar surface area (TPSA) is 74.8 Å². The van der Waals surface area contributed by atoms with Crippen LogP contribution in [0.4, 0.5) is 0 Å². The summed E-state index contributed by atoms with van der Waals surface area (Å²) in [5, 5.41) is 4.52. The van der Waals surface area contributed by atoms with Crippen LogP contribution >= 0.6 is 11.3 Å². The average molecular weight is 299 g/mol. The number of aryl methyl sites for hydroxylation is 1. The molecule has 0 fully saturated rings. The summed E-state index contributed by atoms with van der Waals surface area (Å²) >= 11 is 1.54. The molecular weight excluding hydrogens is 286 g/mol. The summed E-state index contributed by atoms with van der Waals surface area (Å²) in [7, 11) is 0. The molecule has 0 aliphatic heterocycles. The van der Waals surface area contributed by atoms with Crippen LogP contribution in [0.25, 0.3) is 10.9 Å². The predicted octanol–water partition coefficient (Wildman–Crippen LogP) is 2.22. The number of thiazole rings is 1. The number of para-hydroxylation sites is 1. The Labute approximate surface area is 124 Å². The van der Waals surface area contributed by atoms with Gasteiger partial charge in [-0.25, -0.2) is 4.98 Å². The molecule has 2 aromatic heterocycles. The van der Waals surface area contributed by atoms with Crippen molar-refractivity contribution in [3.8, 4) is 0 Å². The van der Waals surface area contributed by atoms with Gasteiger partial charge in [0.25, 0.3) is 5.91 Å². The molecular formula is C15H13N3O2S. The van der Waals surface area contributed by atoms with Crippen LogP contribution in [-0.2, 0) is 6.54 Å². The molecule has 6 heteroatoms. The van der Waals surface area contributed by atoms with Crippen molar-refractivity contribution >= 4 is 28.1 Å². The fourth-order valence-corrected chi connectivity index (χ4v) is 2.88. The molecule has 5 nitrogen and oxygen atoms in total. The van der Waals surface area contributed by atoms with Gasteiger partial charge in [0.2, 0.25) is 5.56 Å². The highest BCUT2D eigenvalue weighted by Crippen LogP contribution is 2.15. The Balaban J connectivity index is 1.89. The summed E-state index contributed by atoms with van der Waals surface area (Å²) in [6.07, 6.45) is 1.75. The molecule has 0 radical (unpaired) electrons. The molecule has 0 bridgehead atoms. The average Bonchev–Trinajstić information content (AvgIpc) is 2.89. The summed E-state index contributed by atoms with van der Waals surface area (Å²) in [5.41, 5.74) is 0.756. The van der Waals surface area contributed by atoms with E-state index in [4.69, 9.17) is 0 Å². The molecule has 0 aliphatic rings. The standard InChI is InChI=1S/C15H13N3O2S/c1-9-16-7-10(21-9)8-17-15(20)12-6-14(19)18-13-5-3-2-4-11(12)13/h2-7H,8H2,1H3,(H,17,20)(H,18,19). The van der Waals surface area contributed by atoms with Gasteiger partial charge in [-0.3, -0.25) is 9.59 Å². The number of rotatable bonds is 3. The molecule has 0 saturated carbocycles. The van der Waals surface area contributed by atoms with Crippen LogP contribution in [0.3, 0.4) is 0 Å². The number of fused-ring (bicyclic) bond motifs is 1. The van der Waals surface area contributed by atoms with Crippen LogP contribution in [-0.4, -0.2) is 15.9 Å². The Morgan fingerprint density at radius 1 is 1.38 bits per heavy atom. The number of benzene rings is 1. The van der Waals surface area contributed by atoms with E-state index in [-0.39, 0.29) is 11.5 Å². The Hall–Kier alpha value is -2.47. The summed E-state index contributed by atoms with van der Waals surface area (Å²) in [6.45, 7) is 2.33. The highest BCUT2D eigenvalue weighted by molar-refractivity contribution is 7.11. The number of H-pyrrole nitrogens is 1. The molecule has 1 aromatic carbocycles. The first kappa shape index (κ1) is 13.5. The molecule has 2 N–H and O–H groups in total. The summed E-state index contributed by atoms with van der Waals surface area (Å²) in [6, 6.07) is 8.58. The number of nitrogens with zero attached hydrogens (tertiary/aromatic N) is 1. The van der Waals surface area contributed by atoms with Gasteiger partial charge in [-0.15, -0.1) is 11.3 Å². The SMILES string of the molecule is Cc1ncc(CNC(=O)c2cc(=O)[nH]c3ccccc23)s1. The largest absolute Gasteiger partial charge is 0.347 e. The highest BCUT2D eigenvalue weighted by Gasteiger charge is 2.11. The maximum absolute atomic E-state index is 12.3. The van der Waals surface area contributed by atoms with Gasteiger partial charge in [0.05, 0.1) is 17.1 Å². The number of carbonyl (C=O) groups excluding carboxylic acids is 1. The van der Waals surface area contributed by atoms with Gasteiger partial charge in [-0.05, 0) is 13.0 Å². The third-order valence-corrected chi connectivity index (χ3v) is 4.00. The monoisotopic (exact) mass is 299 g/mol. The molecule has 2 heterocycles. The quantitative estimate of drug-likeness (QED) is 0.778. The second-order valence-corrected chi connectivity index (χ2v) is 5.94. The van der Waals surface area contributed by atoms with Gasteiger partial charge in [0, 0.05) is 28.0 Å². The van der Waals surface area contributed by atoms with Gasteiger partial charge >= 0.3 is 0 Å². The van der Waals surface area contributed by atoms with E-state index < -0.39 is 0 Å². The van der Waals surface area contributed by atoms with E-state index in [1.165, 1.54) is 17.4 Å². The molecule has 3 rings (SSSR count). The Bertz CT molecular complexity index is 866. The van der Waals surface area contributed by atoms with Crippen LogP contribution in [0.5, 0.6) is 0 Å². The minimum absolute atomic E-state index is 0.261. The normalized spacial score (nSPS) is 10.7. The number of amides is 1. The van der Waals surface area contributed by atoms with Gasteiger partial charge in [0.1, 0.15) is 0 Å². The second-order valence-electron chi connectivity index (χ2n) is 4.62. The van der Waals surface area contributed by atoms with Crippen molar-refractivity contribution in [2.75, 3.05) is 0 Å². The summed E-state index contributed by atoms with van der Waals surface area (Å²) in [4.78, 5) is 31.8. The molecule has 0 atom stereocenters. The lowest BCUT2D eigenvalue weighted by molar-refractivity contribution is 0.0953. The molecule has 0 spiro atoms. The van der Waals surface area contributed by atoms with Crippen LogP contribution in [0.2, 0.25) is 0 Å². The highest BCUT2D eigenvalue weighted by atomic mass is 32.1. The first-order chi connectivity index (χ1) is 10.1. The predicted molar refractivity (Wildman–Crippen MR) is 82.6 cm³/mol. The zero-order chi connectivity index (χ0) is 14.8. The first-order valence-corrected chi connectivity index (χ1v) is 7.27. The fourth-order valence-electron chi connectivity index (χ4n) is 2.14. The van der Waals surface area contributed by atoms with E-state index in [0.717, 1.165) is 15.3 Å². The van der Waals surface area contributed by atoms with E-state index in [0.29, 0.717) is 17.6 Å². The zero-order valence-corrected chi connectivity index (χ0v) is 12.2. The third-order valence-electron chi connectivity index (χ3n) is 3.09. The molecule has 3 aromatic rings. The molecule has 106 valence electrons. The van der Waals surface area contributed by atoms with E-state index in [1.54, 1.807) is 12.3 Å². The maximum Gasteiger partial charge on any atom is 0.252 e. The van der Waals surface area contributed by atoms with Gasteiger partial charge in [0.15, 0.2) is 0 Å². The fraction of sp³-hybridized carbons (Fsp3) is 0.133. The second kappa shape index (κ2) is 5.49. The van der Waals surface area contributed by atoms with Crippen molar-refractivity contribution in [3.63, 3.8) is 0 Å². The zero-order valence-electron chi connectivity index (χ0n) is 11.3. The van der Waals surface area contributed by atoms with Crippen LogP contribution in [0, 0.1) is 6.92 Å². The molecule has 0 aliphatic carbocycles. The molecule has 0 saturated heterocycles. The first-order valence-electron chi connectivity index (χ1n) is 6.45. The molecule has 1 amide bonds. The maximum atomic E-state index is 12.3. The lowest BCUT2D eigenvalue weighted by Crippen LogP contribution is -2.24.